The molecule has 6 nitrogen and oxygen atoms in total. The Hall–Kier alpha value is -3.81. The van der Waals surface area contributed by atoms with Crippen molar-refractivity contribution in [2.75, 3.05) is 0 Å². The number of aryl methyl sites for hydroxylation is 1. The smallest absolute Gasteiger partial charge is 0.254 e. The number of aromatic hydroxyl groups is 1. The van der Waals surface area contributed by atoms with Crippen molar-refractivity contribution in [1.82, 2.24) is 19.7 Å². The first-order chi connectivity index (χ1) is 16.4. The van der Waals surface area contributed by atoms with Crippen LogP contribution in [0.25, 0.3) is 22.2 Å². The van der Waals surface area contributed by atoms with Gasteiger partial charge in [0.2, 0.25) is 5.88 Å². The molecule has 6 rings (SSSR count). The number of halogens is 2. The van der Waals surface area contributed by atoms with Gasteiger partial charge in [-0.25, -0.2) is 13.8 Å². The number of rotatable bonds is 2. The van der Waals surface area contributed by atoms with E-state index in [-0.39, 0.29) is 23.9 Å². The molecule has 0 spiro atoms. The molecule has 2 bridgehead atoms. The number of nitrogens with zero attached hydrogens (tertiary/aromatic N) is 4. The summed E-state index contributed by atoms with van der Waals surface area (Å²) in [6.45, 7) is 0. The predicted molar refractivity (Wildman–Crippen MR) is 122 cm³/mol. The fourth-order valence-electron chi connectivity index (χ4n) is 5.60. The molecule has 0 saturated carbocycles. The van der Waals surface area contributed by atoms with E-state index in [4.69, 9.17) is 5.10 Å². The van der Waals surface area contributed by atoms with E-state index in [1.165, 1.54) is 18.2 Å². The summed E-state index contributed by atoms with van der Waals surface area (Å²) in [5.74, 6) is -1.39. The summed E-state index contributed by atoms with van der Waals surface area (Å²) in [5.41, 5.74) is 4.10. The monoisotopic (exact) mass is 460 g/mol. The zero-order valence-corrected chi connectivity index (χ0v) is 18.5. The van der Waals surface area contributed by atoms with Crippen LogP contribution >= 0.6 is 0 Å². The molecule has 1 fully saturated rings. The van der Waals surface area contributed by atoms with E-state index in [0.29, 0.717) is 28.8 Å². The number of aromatic nitrogens is 3. The SMILES string of the molecule is Cn1nc2c(c1-c1cc(F)cc(F)c1)C[C@H]1CCC[C@@H]2N1C(=O)c1ccc2nc(O)ccc2c1. The van der Waals surface area contributed by atoms with E-state index in [9.17, 15) is 18.7 Å². The first-order valence-electron chi connectivity index (χ1n) is 11.3. The summed E-state index contributed by atoms with van der Waals surface area (Å²) in [5, 5.41) is 15.1. The number of amides is 1. The van der Waals surface area contributed by atoms with Crippen LogP contribution in [0.3, 0.4) is 0 Å². The Morgan fingerprint density at radius 1 is 1.06 bits per heavy atom. The van der Waals surface area contributed by atoms with E-state index < -0.39 is 11.6 Å². The van der Waals surface area contributed by atoms with Gasteiger partial charge >= 0.3 is 0 Å². The molecule has 1 saturated heterocycles. The van der Waals surface area contributed by atoms with Gasteiger partial charge in [-0.1, -0.05) is 0 Å². The number of hydrogen-bond donors (Lipinski definition) is 1. The normalized spacial score (nSPS) is 19.3. The molecule has 172 valence electrons. The zero-order valence-electron chi connectivity index (χ0n) is 18.5. The van der Waals surface area contributed by atoms with Crippen LogP contribution < -0.4 is 0 Å². The van der Waals surface area contributed by atoms with E-state index in [0.717, 1.165) is 42.0 Å². The van der Waals surface area contributed by atoms with Crippen molar-refractivity contribution >= 4 is 16.8 Å². The van der Waals surface area contributed by atoms with Crippen LogP contribution in [0.15, 0.2) is 48.5 Å². The Labute approximate surface area is 194 Å². The Morgan fingerprint density at radius 2 is 1.85 bits per heavy atom. The van der Waals surface area contributed by atoms with Gasteiger partial charge in [0.25, 0.3) is 5.91 Å². The lowest BCUT2D eigenvalue weighted by Gasteiger charge is -2.45. The molecule has 2 aliphatic heterocycles. The third kappa shape index (κ3) is 3.24. The molecular formula is C26H22F2N4O2. The van der Waals surface area contributed by atoms with E-state index in [1.807, 2.05) is 4.90 Å². The molecule has 4 heterocycles. The van der Waals surface area contributed by atoms with Gasteiger partial charge in [0.1, 0.15) is 11.6 Å². The highest BCUT2D eigenvalue weighted by molar-refractivity contribution is 5.98. The van der Waals surface area contributed by atoms with Crippen LogP contribution in [-0.2, 0) is 13.5 Å². The summed E-state index contributed by atoms with van der Waals surface area (Å²) in [7, 11) is 1.78. The molecule has 0 radical (unpaired) electrons. The van der Waals surface area contributed by atoms with E-state index in [1.54, 1.807) is 36.0 Å². The van der Waals surface area contributed by atoms with Gasteiger partial charge in [-0.2, -0.15) is 5.10 Å². The fourth-order valence-corrected chi connectivity index (χ4v) is 5.60. The van der Waals surface area contributed by atoms with Crippen LogP contribution in [0.2, 0.25) is 0 Å². The van der Waals surface area contributed by atoms with Crippen molar-refractivity contribution < 1.29 is 18.7 Å². The Bertz CT molecular complexity index is 1440. The van der Waals surface area contributed by atoms with E-state index in [2.05, 4.69) is 4.98 Å². The van der Waals surface area contributed by atoms with Crippen LogP contribution in [0.4, 0.5) is 8.78 Å². The molecular weight excluding hydrogens is 438 g/mol. The fraction of sp³-hybridized carbons (Fsp3) is 0.269. The van der Waals surface area contributed by atoms with Crippen molar-refractivity contribution in [2.24, 2.45) is 7.05 Å². The van der Waals surface area contributed by atoms with Crippen LogP contribution in [0.5, 0.6) is 5.88 Å². The highest BCUT2D eigenvalue weighted by atomic mass is 19.1. The summed E-state index contributed by atoms with van der Waals surface area (Å²) in [6.07, 6.45) is 3.21. The third-order valence-corrected chi connectivity index (χ3v) is 6.97. The lowest BCUT2D eigenvalue weighted by molar-refractivity contribution is 0.0392. The van der Waals surface area contributed by atoms with Gasteiger partial charge in [-0.15, -0.1) is 0 Å². The van der Waals surface area contributed by atoms with Crippen molar-refractivity contribution in [1.29, 1.82) is 0 Å². The van der Waals surface area contributed by atoms with Gasteiger partial charge in [0.05, 0.1) is 22.9 Å². The molecule has 2 aliphatic rings. The summed E-state index contributed by atoms with van der Waals surface area (Å²) in [6, 6.07) is 11.8. The minimum atomic E-state index is -0.628. The number of hydrogen-bond acceptors (Lipinski definition) is 4. The minimum Gasteiger partial charge on any atom is -0.493 e. The van der Waals surface area contributed by atoms with Crippen molar-refractivity contribution in [3.63, 3.8) is 0 Å². The van der Waals surface area contributed by atoms with Crippen molar-refractivity contribution in [3.05, 3.63) is 77.0 Å². The van der Waals surface area contributed by atoms with Gasteiger partial charge in [0, 0.05) is 47.3 Å². The molecule has 34 heavy (non-hydrogen) atoms. The van der Waals surface area contributed by atoms with Crippen LogP contribution in [0.1, 0.15) is 46.9 Å². The Balaban J connectivity index is 1.41. The molecule has 0 unspecified atom stereocenters. The van der Waals surface area contributed by atoms with Gasteiger partial charge in [-0.3, -0.25) is 9.48 Å². The Morgan fingerprint density at radius 3 is 2.65 bits per heavy atom. The number of carbonyl (C=O) groups excluding carboxylic acids is 1. The zero-order chi connectivity index (χ0) is 23.6. The van der Waals surface area contributed by atoms with Crippen LogP contribution in [0, 0.1) is 11.6 Å². The largest absolute Gasteiger partial charge is 0.493 e. The van der Waals surface area contributed by atoms with Crippen LogP contribution in [-0.4, -0.2) is 36.7 Å². The highest BCUT2D eigenvalue weighted by Gasteiger charge is 2.43. The van der Waals surface area contributed by atoms with Crippen molar-refractivity contribution in [2.45, 2.75) is 37.8 Å². The minimum absolute atomic E-state index is 0.0197. The summed E-state index contributed by atoms with van der Waals surface area (Å²) in [4.78, 5) is 19.7. The number of piperidine rings is 1. The highest BCUT2D eigenvalue weighted by Crippen LogP contribution is 2.45. The average molecular weight is 460 g/mol. The molecule has 2 atom stereocenters. The maximum atomic E-state index is 14.0. The summed E-state index contributed by atoms with van der Waals surface area (Å²) >= 11 is 0. The quantitative estimate of drug-likeness (QED) is 0.461. The topological polar surface area (TPSA) is 71.2 Å². The second-order valence-corrected chi connectivity index (χ2v) is 9.09. The molecule has 8 heteroatoms. The molecule has 2 aromatic heterocycles. The standard InChI is InChI=1S/C26H22F2N4O2/c1-31-25(16-10-17(27)12-18(28)11-16)20-13-19-3-2-4-22(24(20)30-31)32(19)26(34)15-5-7-21-14(9-15)6-8-23(33)29-21/h5-12,19,22H,2-4,13H2,1H3,(H,29,33)/t19-,22+/m1/s1. The molecule has 1 amide bonds. The third-order valence-electron chi connectivity index (χ3n) is 6.97. The van der Waals surface area contributed by atoms with Gasteiger partial charge < -0.3 is 10.0 Å². The maximum Gasteiger partial charge on any atom is 0.254 e. The first-order valence-corrected chi connectivity index (χ1v) is 11.3. The predicted octanol–water partition coefficient (Wildman–Crippen LogP) is 4.91. The molecule has 1 N–H and O–H groups in total. The lowest BCUT2D eigenvalue weighted by Crippen LogP contribution is -2.49. The van der Waals surface area contributed by atoms with E-state index >= 15 is 0 Å². The van der Waals surface area contributed by atoms with Crippen molar-refractivity contribution in [3.8, 4) is 17.1 Å². The molecule has 4 aromatic rings. The molecule has 2 aromatic carbocycles. The van der Waals surface area contributed by atoms with Gasteiger partial charge in [-0.05, 0) is 62.1 Å². The maximum absolute atomic E-state index is 14.0. The number of carbonyl (C=O) groups is 1. The number of pyridine rings is 1. The second kappa shape index (κ2) is 7.62. The van der Waals surface area contributed by atoms with Gasteiger partial charge in [0.15, 0.2) is 0 Å². The summed E-state index contributed by atoms with van der Waals surface area (Å²) < 4.78 is 29.6. The first kappa shape index (κ1) is 20.8. The lowest BCUT2D eigenvalue weighted by atomic mass is 9.81. The number of benzene rings is 2. The Kier molecular flexibility index (Phi) is 4.65. The molecule has 0 aliphatic carbocycles. The number of fused-ring (bicyclic) bond motifs is 5. The second-order valence-electron chi connectivity index (χ2n) is 9.09. The average Bonchev–Trinajstić information content (AvgIpc) is 3.12.